The molecule has 2 aliphatic rings. The molecule has 0 aliphatic carbocycles. The van der Waals surface area contributed by atoms with Crippen molar-refractivity contribution in [2.24, 2.45) is 0 Å². The number of hydrogen-bond acceptors (Lipinski definition) is 6. The van der Waals surface area contributed by atoms with Crippen LogP contribution in [-0.4, -0.2) is 59.6 Å². The van der Waals surface area contributed by atoms with Gasteiger partial charge in [-0.2, -0.15) is 0 Å². The van der Waals surface area contributed by atoms with Gasteiger partial charge in [-0.05, 0) is 68.4 Å². The molecule has 9 nitrogen and oxygen atoms in total. The molecule has 0 spiro atoms. The smallest absolute Gasteiger partial charge is 0.415 e. The highest BCUT2D eigenvalue weighted by molar-refractivity contribution is 6.02. The molecule has 0 bridgehead atoms. The minimum Gasteiger partial charge on any atom is -0.469 e. The number of benzene rings is 3. The van der Waals surface area contributed by atoms with Crippen molar-refractivity contribution in [1.82, 2.24) is 10.2 Å². The van der Waals surface area contributed by atoms with E-state index in [0.29, 0.717) is 37.9 Å². The highest BCUT2D eigenvalue weighted by atomic mass is 16.6. The lowest BCUT2D eigenvalue weighted by Gasteiger charge is -2.39. The Bertz CT molecular complexity index is 1550. The molecule has 1 N–H and O–H groups in total. The zero-order chi connectivity index (χ0) is 32.1. The molecule has 45 heavy (non-hydrogen) atoms. The zero-order valence-electron chi connectivity index (χ0n) is 26.3. The van der Waals surface area contributed by atoms with Crippen molar-refractivity contribution in [3.8, 4) is 0 Å². The third-order valence-electron chi connectivity index (χ3n) is 8.32. The number of ether oxygens (including phenoxy) is 2. The first-order valence-corrected chi connectivity index (χ1v) is 15.4. The summed E-state index contributed by atoms with van der Waals surface area (Å²) in [6.45, 7) is 5.65. The molecule has 2 heterocycles. The molecule has 3 amide bonds. The molecular formula is C36H41N3O6. The molecule has 9 heteroatoms. The van der Waals surface area contributed by atoms with E-state index >= 15 is 0 Å². The molecule has 236 valence electrons. The van der Waals surface area contributed by atoms with Crippen molar-refractivity contribution >= 4 is 29.6 Å². The van der Waals surface area contributed by atoms with Gasteiger partial charge in [-0.25, -0.2) is 4.79 Å². The van der Waals surface area contributed by atoms with Crippen LogP contribution in [0.4, 0.5) is 10.5 Å². The summed E-state index contributed by atoms with van der Waals surface area (Å²) < 4.78 is 10.7. The standard InChI is InChI=1S/C36H41N3O6/c1-36(2,3)45-35(43)39-30-17-11-10-15-26(30)21-31(39)33(41)37-29(19-18-24-12-6-5-7-13-24)34(42)38-23-27-16-9-8-14-25(27)20-28(38)22-32(40)44-4/h5-17,28-29,31H,18-23H2,1-4H3,(H,37,41)/t28-,29+,31-/m1/s1. The van der Waals surface area contributed by atoms with Crippen LogP contribution in [0.15, 0.2) is 78.9 Å². The molecule has 0 saturated heterocycles. The van der Waals surface area contributed by atoms with Gasteiger partial charge in [0.1, 0.15) is 17.7 Å². The summed E-state index contributed by atoms with van der Waals surface area (Å²) in [6, 6.07) is 22.8. The van der Waals surface area contributed by atoms with Crippen LogP contribution in [0.5, 0.6) is 0 Å². The number of hydrogen-bond donors (Lipinski definition) is 1. The Kier molecular flexibility index (Phi) is 9.56. The number of aryl methyl sites for hydroxylation is 1. The van der Waals surface area contributed by atoms with E-state index in [1.165, 1.54) is 12.0 Å². The Balaban J connectivity index is 1.43. The molecule has 0 radical (unpaired) electrons. The fraction of sp³-hybridized carbons (Fsp3) is 0.389. The van der Waals surface area contributed by atoms with Crippen molar-refractivity contribution < 1.29 is 28.7 Å². The van der Waals surface area contributed by atoms with Gasteiger partial charge < -0.3 is 19.7 Å². The second-order valence-corrected chi connectivity index (χ2v) is 12.7. The van der Waals surface area contributed by atoms with Gasteiger partial charge >= 0.3 is 12.1 Å². The van der Waals surface area contributed by atoms with E-state index < -0.39 is 41.7 Å². The quantitative estimate of drug-likeness (QED) is 0.360. The molecule has 0 unspecified atom stereocenters. The second kappa shape index (κ2) is 13.5. The number of carbonyl (C=O) groups is 4. The predicted molar refractivity (Wildman–Crippen MR) is 170 cm³/mol. The summed E-state index contributed by atoms with van der Waals surface area (Å²) in [5.41, 5.74) is 3.82. The average molecular weight is 612 g/mol. The average Bonchev–Trinajstić information content (AvgIpc) is 3.42. The molecule has 0 aromatic heterocycles. The number of carbonyl (C=O) groups excluding carboxylic acids is 4. The molecule has 3 atom stereocenters. The Hall–Kier alpha value is -4.66. The number of fused-ring (bicyclic) bond motifs is 2. The molecule has 5 rings (SSSR count). The van der Waals surface area contributed by atoms with Crippen LogP contribution in [0.3, 0.4) is 0 Å². The number of anilines is 1. The summed E-state index contributed by atoms with van der Waals surface area (Å²) in [5.74, 6) is -1.12. The monoisotopic (exact) mass is 611 g/mol. The van der Waals surface area contributed by atoms with Gasteiger partial charge in [-0.1, -0.05) is 72.8 Å². The van der Waals surface area contributed by atoms with E-state index in [1.807, 2.05) is 72.8 Å². The highest BCUT2D eigenvalue weighted by Crippen LogP contribution is 2.34. The zero-order valence-corrected chi connectivity index (χ0v) is 26.3. The fourth-order valence-corrected chi connectivity index (χ4v) is 6.12. The summed E-state index contributed by atoms with van der Waals surface area (Å²) in [4.78, 5) is 57.5. The summed E-state index contributed by atoms with van der Waals surface area (Å²) >= 11 is 0. The first-order chi connectivity index (χ1) is 21.5. The molecular weight excluding hydrogens is 570 g/mol. The van der Waals surface area contributed by atoms with Crippen LogP contribution < -0.4 is 10.2 Å². The normalized spacial score (nSPS) is 18.0. The molecule has 0 saturated carbocycles. The Labute approximate surface area is 264 Å². The van der Waals surface area contributed by atoms with Crippen LogP contribution in [0.1, 0.15) is 55.9 Å². The fourth-order valence-electron chi connectivity index (χ4n) is 6.12. The Morgan fingerprint density at radius 2 is 1.51 bits per heavy atom. The van der Waals surface area contributed by atoms with E-state index in [0.717, 1.165) is 22.3 Å². The third-order valence-corrected chi connectivity index (χ3v) is 8.32. The molecule has 2 aliphatic heterocycles. The van der Waals surface area contributed by atoms with Crippen LogP contribution >= 0.6 is 0 Å². The van der Waals surface area contributed by atoms with Gasteiger partial charge in [0.05, 0.1) is 19.2 Å². The molecule has 3 aromatic carbocycles. The van der Waals surface area contributed by atoms with E-state index in [1.54, 1.807) is 31.7 Å². The largest absolute Gasteiger partial charge is 0.469 e. The van der Waals surface area contributed by atoms with Crippen molar-refractivity contribution in [2.45, 2.75) is 83.1 Å². The number of para-hydroxylation sites is 1. The second-order valence-electron chi connectivity index (χ2n) is 12.7. The minimum atomic E-state index is -0.896. The van der Waals surface area contributed by atoms with Gasteiger partial charge in [0.25, 0.3) is 0 Å². The number of rotatable bonds is 8. The third kappa shape index (κ3) is 7.53. The van der Waals surface area contributed by atoms with E-state index in [9.17, 15) is 19.2 Å². The summed E-state index contributed by atoms with van der Waals surface area (Å²) in [7, 11) is 1.34. The maximum absolute atomic E-state index is 14.4. The predicted octanol–water partition coefficient (Wildman–Crippen LogP) is 4.99. The van der Waals surface area contributed by atoms with Gasteiger partial charge in [-0.3, -0.25) is 19.3 Å². The minimum absolute atomic E-state index is 0.0419. The van der Waals surface area contributed by atoms with Gasteiger partial charge in [0, 0.05) is 19.0 Å². The van der Waals surface area contributed by atoms with Crippen LogP contribution in [-0.2, 0) is 49.7 Å². The lowest BCUT2D eigenvalue weighted by atomic mass is 9.91. The molecule has 0 fully saturated rings. The number of methoxy groups -OCH3 is 1. The van der Waals surface area contributed by atoms with Gasteiger partial charge in [0.15, 0.2) is 0 Å². The SMILES string of the molecule is COC(=O)C[C@H]1Cc2ccccc2CN1C(=O)[C@H](CCc1ccccc1)NC(=O)[C@H]1Cc2ccccc2N1C(=O)OC(C)(C)C. The maximum atomic E-state index is 14.4. The number of nitrogens with one attached hydrogen (secondary N) is 1. The number of nitrogens with zero attached hydrogens (tertiary/aromatic N) is 2. The first kappa shape index (κ1) is 31.8. The first-order valence-electron chi connectivity index (χ1n) is 15.4. The Morgan fingerprint density at radius 3 is 2.20 bits per heavy atom. The van der Waals surface area contributed by atoms with Crippen molar-refractivity contribution in [3.05, 3.63) is 101 Å². The Morgan fingerprint density at radius 1 is 0.867 bits per heavy atom. The van der Waals surface area contributed by atoms with Gasteiger partial charge in [-0.15, -0.1) is 0 Å². The lowest BCUT2D eigenvalue weighted by molar-refractivity contribution is -0.146. The van der Waals surface area contributed by atoms with Crippen molar-refractivity contribution in [3.63, 3.8) is 0 Å². The van der Waals surface area contributed by atoms with Crippen molar-refractivity contribution in [2.75, 3.05) is 12.0 Å². The number of amides is 3. The van der Waals surface area contributed by atoms with Gasteiger partial charge in [0.2, 0.25) is 11.8 Å². The van der Waals surface area contributed by atoms with Crippen LogP contribution in [0.25, 0.3) is 0 Å². The van der Waals surface area contributed by atoms with Crippen LogP contribution in [0, 0.1) is 0 Å². The highest BCUT2D eigenvalue weighted by Gasteiger charge is 2.42. The topological polar surface area (TPSA) is 105 Å². The van der Waals surface area contributed by atoms with E-state index in [-0.39, 0.29) is 12.3 Å². The van der Waals surface area contributed by atoms with Crippen molar-refractivity contribution in [1.29, 1.82) is 0 Å². The summed E-state index contributed by atoms with van der Waals surface area (Å²) in [6.07, 6.45) is 1.10. The summed E-state index contributed by atoms with van der Waals surface area (Å²) in [5, 5.41) is 3.02. The van der Waals surface area contributed by atoms with Crippen LogP contribution in [0.2, 0.25) is 0 Å². The van der Waals surface area contributed by atoms with E-state index in [4.69, 9.17) is 9.47 Å². The number of esters is 1. The van der Waals surface area contributed by atoms with E-state index in [2.05, 4.69) is 5.32 Å². The molecule has 3 aromatic rings. The maximum Gasteiger partial charge on any atom is 0.415 e. The lowest BCUT2D eigenvalue weighted by Crippen LogP contribution is -2.57.